The van der Waals surface area contributed by atoms with Crippen LogP contribution in [0.5, 0.6) is 0 Å². The molecule has 1 heterocycles. The molecule has 1 saturated carbocycles. The summed E-state index contributed by atoms with van der Waals surface area (Å²) in [7, 11) is -2.89. The fraction of sp³-hybridized carbons (Fsp3) is 0.917. The predicted molar refractivity (Wildman–Crippen MR) is 66.4 cm³/mol. The number of carbonyl (C=O) groups excluding carboxylic acids is 1. The molecule has 1 saturated heterocycles. The van der Waals surface area contributed by atoms with Crippen LogP contribution in [0.3, 0.4) is 0 Å². The molecule has 1 unspecified atom stereocenters. The molecule has 0 aromatic heterocycles. The molecule has 98 valence electrons. The van der Waals surface area contributed by atoms with Gasteiger partial charge in [0.05, 0.1) is 11.5 Å². The van der Waals surface area contributed by atoms with E-state index in [9.17, 15) is 13.2 Å². The molecular formula is C12H21NO3S. The smallest absolute Gasteiger partial charge is 0.220 e. The van der Waals surface area contributed by atoms with Crippen molar-refractivity contribution in [1.82, 2.24) is 5.32 Å². The predicted octanol–water partition coefficient (Wildman–Crippen LogP) is 1.26. The molecular weight excluding hydrogens is 238 g/mol. The van der Waals surface area contributed by atoms with Gasteiger partial charge in [-0.2, -0.15) is 0 Å². The van der Waals surface area contributed by atoms with Crippen LogP contribution in [-0.2, 0) is 14.6 Å². The number of hydrogen-bond acceptors (Lipinski definition) is 3. The summed E-state index contributed by atoms with van der Waals surface area (Å²) >= 11 is 0. The Kier molecular flexibility index (Phi) is 4.07. The molecule has 0 aromatic rings. The first-order chi connectivity index (χ1) is 8.05. The molecule has 1 atom stereocenters. The van der Waals surface area contributed by atoms with Crippen LogP contribution in [0.4, 0.5) is 0 Å². The summed E-state index contributed by atoms with van der Waals surface area (Å²) in [6.45, 7) is 0. The standard InChI is InChI=1S/C12H21NO3S/c14-12(8-10-4-2-1-3-5-10)13-11-6-7-17(15,16)9-11/h10-11H,1-9H2,(H,13,14). The lowest BCUT2D eigenvalue weighted by atomic mass is 9.87. The zero-order chi connectivity index (χ0) is 12.3. The van der Waals surface area contributed by atoms with E-state index in [4.69, 9.17) is 0 Å². The quantitative estimate of drug-likeness (QED) is 0.830. The zero-order valence-corrected chi connectivity index (χ0v) is 11.0. The van der Waals surface area contributed by atoms with Crippen LogP contribution in [0.15, 0.2) is 0 Å². The van der Waals surface area contributed by atoms with Crippen LogP contribution in [-0.4, -0.2) is 31.9 Å². The number of rotatable bonds is 3. The molecule has 1 aliphatic heterocycles. The fourth-order valence-corrected chi connectivity index (χ4v) is 4.52. The molecule has 2 aliphatic rings. The highest BCUT2D eigenvalue weighted by molar-refractivity contribution is 7.91. The molecule has 1 amide bonds. The van der Waals surface area contributed by atoms with Gasteiger partial charge in [-0.05, 0) is 25.2 Å². The zero-order valence-electron chi connectivity index (χ0n) is 10.2. The second-order valence-corrected chi connectivity index (χ2v) is 7.60. The van der Waals surface area contributed by atoms with Crippen molar-refractivity contribution < 1.29 is 13.2 Å². The molecule has 2 rings (SSSR count). The van der Waals surface area contributed by atoms with Crippen LogP contribution < -0.4 is 5.32 Å². The van der Waals surface area contributed by atoms with Crippen LogP contribution in [0.2, 0.25) is 0 Å². The second kappa shape index (κ2) is 5.38. The van der Waals surface area contributed by atoms with Gasteiger partial charge in [0.25, 0.3) is 0 Å². The van der Waals surface area contributed by atoms with Crippen molar-refractivity contribution >= 4 is 15.7 Å². The summed E-state index contributed by atoms with van der Waals surface area (Å²) < 4.78 is 22.5. The highest BCUT2D eigenvalue weighted by atomic mass is 32.2. The van der Waals surface area contributed by atoms with E-state index in [0.717, 1.165) is 12.8 Å². The number of nitrogens with one attached hydrogen (secondary N) is 1. The highest BCUT2D eigenvalue weighted by Gasteiger charge is 2.29. The van der Waals surface area contributed by atoms with Gasteiger partial charge in [-0.15, -0.1) is 0 Å². The third-order valence-electron chi connectivity index (χ3n) is 3.80. The highest BCUT2D eigenvalue weighted by Crippen LogP contribution is 2.26. The first-order valence-electron chi connectivity index (χ1n) is 6.55. The molecule has 2 fully saturated rings. The van der Waals surface area contributed by atoms with E-state index in [1.807, 2.05) is 0 Å². The number of amides is 1. The van der Waals surface area contributed by atoms with E-state index in [0.29, 0.717) is 18.8 Å². The van der Waals surface area contributed by atoms with Gasteiger partial charge in [0, 0.05) is 12.5 Å². The van der Waals surface area contributed by atoms with Crippen molar-refractivity contribution in [3.63, 3.8) is 0 Å². The lowest BCUT2D eigenvalue weighted by molar-refractivity contribution is -0.122. The maximum absolute atomic E-state index is 11.8. The van der Waals surface area contributed by atoms with Gasteiger partial charge in [0.1, 0.15) is 0 Å². The van der Waals surface area contributed by atoms with Gasteiger partial charge in [-0.3, -0.25) is 4.79 Å². The SMILES string of the molecule is O=C(CC1CCCCC1)NC1CCS(=O)(=O)C1. The van der Waals surface area contributed by atoms with Crippen LogP contribution in [0, 0.1) is 5.92 Å². The molecule has 0 radical (unpaired) electrons. The minimum absolute atomic E-state index is 0.0407. The Morgan fingerprint density at radius 2 is 1.82 bits per heavy atom. The average Bonchev–Trinajstić information content (AvgIpc) is 2.59. The summed E-state index contributed by atoms with van der Waals surface area (Å²) in [6.07, 6.45) is 7.21. The molecule has 4 nitrogen and oxygen atoms in total. The van der Waals surface area contributed by atoms with Crippen molar-refractivity contribution in [2.24, 2.45) is 5.92 Å². The van der Waals surface area contributed by atoms with E-state index >= 15 is 0 Å². The average molecular weight is 259 g/mol. The molecule has 1 N–H and O–H groups in total. The Morgan fingerprint density at radius 1 is 1.12 bits per heavy atom. The maximum atomic E-state index is 11.8. The van der Waals surface area contributed by atoms with E-state index < -0.39 is 9.84 Å². The molecule has 0 bridgehead atoms. The van der Waals surface area contributed by atoms with Crippen molar-refractivity contribution in [2.75, 3.05) is 11.5 Å². The van der Waals surface area contributed by atoms with Gasteiger partial charge in [-0.25, -0.2) is 8.42 Å². The van der Waals surface area contributed by atoms with Crippen LogP contribution in [0.25, 0.3) is 0 Å². The number of sulfone groups is 1. The Hall–Kier alpha value is -0.580. The van der Waals surface area contributed by atoms with Crippen molar-refractivity contribution in [2.45, 2.75) is 51.0 Å². The number of hydrogen-bond donors (Lipinski definition) is 1. The van der Waals surface area contributed by atoms with E-state index in [1.54, 1.807) is 0 Å². The lowest BCUT2D eigenvalue weighted by Crippen LogP contribution is -2.36. The molecule has 1 aliphatic carbocycles. The second-order valence-electron chi connectivity index (χ2n) is 5.38. The van der Waals surface area contributed by atoms with Crippen molar-refractivity contribution in [3.8, 4) is 0 Å². The van der Waals surface area contributed by atoms with Gasteiger partial charge in [-0.1, -0.05) is 19.3 Å². The third-order valence-corrected chi connectivity index (χ3v) is 5.56. The lowest BCUT2D eigenvalue weighted by Gasteiger charge is -2.21. The first-order valence-corrected chi connectivity index (χ1v) is 8.37. The molecule has 17 heavy (non-hydrogen) atoms. The van der Waals surface area contributed by atoms with Gasteiger partial charge < -0.3 is 5.32 Å². The van der Waals surface area contributed by atoms with Crippen molar-refractivity contribution in [1.29, 1.82) is 0 Å². The Balaban J connectivity index is 1.74. The summed E-state index contributed by atoms with van der Waals surface area (Å²) in [5.74, 6) is 0.908. The summed E-state index contributed by atoms with van der Waals surface area (Å²) in [5, 5.41) is 2.86. The fourth-order valence-electron chi connectivity index (χ4n) is 2.85. The third kappa shape index (κ3) is 3.98. The van der Waals surface area contributed by atoms with Crippen molar-refractivity contribution in [3.05, 3.63) is 0 Å². The maximum Gasteiger partial charge on any atom is 0.220 e. The number of carbonyl (C=O) groups is 1. The van der Waals surface area contributed by atoms with Crippen LogP contribution in [0.1, 0.15) is 44.9 Å². The Morgan fingerprint density at radius 3 is 2.41 bits per heavy atom. The first kappa shape index (κ1) is 12.9. The minimum Gasteiger partial charge on any atom is -0.352 e. The topological polar surface area (TPSA) is 63.2 Å². The molecule has 5 heteroatoms. The van der Waals surface area contributed by atoms with E-state index in [-0.39, 0.29) is 23.5 Å². The van der Waals surface area contributed by atoms with Gasteiger partial charge in [0.15, 0.2) is 9.84 Å². The minimum atomic E-state index is -2.89. The van der Waals surface area contributed by atoms with Crippen LogP contribution >= 0.6 is 0 Å². The summed E-state index contributed by atoms with van der Waals surface area (Å²) in [5.41, 5.74) is 0. The van der Waals surface area contributed by atoms with E-state index in [1.165, 1.54) is 19.3 Å². The monoisotopic (exact) mass is 259 g/mol. The summed E-state index contributed by atoms with van der Waals surface area (Å²) in [4.78, 5) is 11.8. The normalized spacial score (nSPS) is 29.1. The largest absolute Gasteiger partial charge is 0.352 e. The Bertz CT molecular complexity index is 371. The van der Waals surface area contributed by atoms with E-state index in [2.05, 4.69) is 5.32 Å². The summed E-state index contributed by atoms with van der Waals surface area (Å²) in [6, 6.07) is -0.143. The molecule has 0 spiro atoms. The van der Waals surface area contributed by atoms with Gasteiger partial charge >= 0.3 is 0 Å². The van der Waals surface area contributed by atoms with Gasteiger partial charge in [0.2, 0.25) is 5.91 Å². The Labute approximate surface area is 103 Å². The molecule has 0 aromatic carbocycles.